The molecular formula is C26H32N6O3. The van der Waals surface area contributed by atoms with Gasteiger partial charge in [0.2, 0.25) is 11.9 Å². The number of pyridine rings is 1. The smallest absolute Gasteiger partial charge is 0.229 e. The summed E-state index contributed by atoms with van der Waals surface area (Å²) in [6, 6.07) is 12.6. The predicted octanol–water partition coefficient (Wildman–Crippen LogP) is 2.78. The second kappa shape index (κ2) is 10.1. The van der Waals surface area contributed by atoms with Crippen molar-refractivity contribution < 1.29 is 14.3 Å². The largest absolute Gasteiger partial charge is 0.377 e. The highest BCUT2D eigenvalue weighted by atomic mass is 16.5. The molecule has 0 aliphatic carbocycles. The van der Waals surface area contributed by atoms with E-state index in [-0.39, 0.29) is 18.0 Å². The van der Waals surface area contributed by atoms with Gasteiger partial charge in [0.1, 0.15) is 5.82 Å². The van der Waals surface area contributed by atoms with Crippen molar-refractivity contribution >= 4 is 28.7 Å². The fraction of sp³-hybridized carbons (Fsp3) is 0.462. The average molecular weight is 477 g/mol. The lowest BCUT2D eigenvalue weighted by atomic mass is 10.1. The second-order valence-corrected chi connectivity index (χ2v) is 9.26. The lowest BCUT2D eigenvalue weighted by Crippen LogP contribution is -2.46. The first-order chi connectivity index (χ1) is 17.0. The molecule has 2 atom stereocenters. The van der Waals surface area contributed by atoms with Crippen LogP contribution in [0, 0.1) is 0 Å². The van der Waals surface area contributed by atoms with E-state index in [4.69, 9.17) is 24.4 Å². The minimum absolute atomic E-state index is 0.0410. The van der Waals surface area contributed by atoms with Crippen molar-refractivity contribution in [2.24, 2.45) is 0 Å². The van der Waals surface area contributed by atoms with Gasteiger partial charge in [0.15, 0.2) is 5.65 Å². The summed E-state index contributed by atoms with van der Waals surface area (Å²) < 4.78 is 11.3. The van der Waals surface area contributed by atoms with E-state index in [1.54, 1.807) is 0 Å². The third-order valence-electron chi connectivity index (χ3n) is 6.58. The van der Waals surface area contributed by atoms with E-state index in [1.807, 2.05) is 30.3 Å². The van der Waals surface area contributed by atoms with Crippen molar-refractivity contribution in [2.45, 2.75) is 39.4 Å². The highest BCUT2D eigenvalue weighted by Crippen LogP contribution is 2.31. The highest BCUT2D eigenvalue weighted by Gasteiger charge is 2.27. The Hall–Kier alpha value is -3.30. The monoisotopic (exact) mass is 476 g/mol. The van der Waals surface area contributed by atoms with Crippen LogP contribution < -0.4 is 15.1 Å². The number of morpholine rings is 2. The van der Waals surface area contributed by atoms with Gasteiger partial charge in [-0.2, -0.15) is 9.97 Å². The van der Waals surface area contributed by atoms with Crippen molar-refractivity contribution in [3.8, 4) is 11.3 Å². The molecule has 9 nitrogen and oxygen atoms in total. The Balaban J connectivity index is 1.54. The van der Waals surface area contributed by atoms with Crippen molar-refractivity contribution in [2.75, 3.05) is 49.3 Å². The van der Waals surface area contributed by atoms with Crippen molar-refractivity contribution in [1.82, 2.24) is 20.3 Å². The number of nitrogens with zero attached hydrogens (tertiary/aromatic N) is 5. The molecule has 5 rings (SSSR count). The van der Waals surface area contributed by atoms with E-state index in [2.05, 4.69) is 35.0 Å². The van der Waals surface area contributed by atoms with Crippen molar-refractivity contribution in [3.05, 3.63) is 42.0 Å². The maximum absolute atomic E-state index is 11.2. The maximum Gasteiger partial charge on any atom is 0.229 e. The molecule has 4 heterocycles. The van der Waals surface area contributed by atoms with Gasteiger partial charge in [-0.3, -0.25) is 4.79 Å². The molecule has 2 aromatic heterocycles. The van der Waals surface area contributed by atoms with Gasteiger partial charge in [0, 0.05) is 32.1 Å². The summed E-state index contributed by atoms with van der Waals surface area (Å²) in [5.41, 5.74) is 3.57. The summed E-state index contributed by atoms with van der Waals surface area (Å²) in [5.74, 6) is 1.56. The number of hydrogen-bond acceptors (Lipinski definition) is 8. The molecule has 1 aromatic carbocycles. The Bertz CT molecular complexity index is 1200. The number of hydrogen-bond donors (Lipinski definition) is 1. The number of nitrogens with one attached hydrogen (secondary N) is 1. The van der Waals surface area contributed by atoms with E-state index < -0.39 is 0 Å². The van der Waals surface area contributed by atoms with Gasteiger partial charge in [-0.15, -0.1) is 0 Å². The Labute approximate surface area is 205 Å². The van der Waals surface area contributed by atoms with Gasteiger partial charge in [-0.25, -0.2) is 4.98 Å². The molecule has 0 radical (unpaired) electrons. The van der Waals surface area contributed by atoms with Crippen molar-refractivity contribution in [1.29, 1.82) is 0 Å². The summed E-state index contributed by atoms with van der Waals surface area (Å²) in [7, 11) is 0. The van der Waals surface area contributed by atoms with Crippen LogP contribution in [0.3, 0.4) is 0 Å². The molecule has 1 amide bonds. The topological polar surface area (TPSA) is 92.7 Å². The van der Waals surface area contributed by atoms with Crippen LogP contribution in [0.15, 0.2) is 36.4 Å². The molecule has 2 aliphatic heterocycles. The number of amides is 1. The van der Waals surface area contributed by atoms with Gasteiger partial charge >= 0.3 is 0 Å². The molecule has 0 unspecified atom stereocenters. The van der Waals surface area contributed by atoms with Crippen LogP contribution in [-0.2, 0) is 20.8 Å². The van der Waals surface area contributed by atoms with Gasteiger partial charge in [-0.1, -0.05) is 24.3 Å². The zero-order chi connectivity index (χ0) is 24.4. The third-order valence-corrected chi connectivity index (χ3v) is 6.58. The molecule has 0 bridgehead atoms. The molecule has 184 valence electrons. The highest BCUT2D eigenvalue weighted by molar-refractivity contribution is 5.90. The quantitative estimate of drug-likeness (QED) is 0.601. The first kappa shape index (κ1) is 23.4. The fourth-order valence-corrected chi connectivity index (χ4v) is 4.58. The first-order valence-corrected chi connectivity index (χ1v) is 12.2. The van der Waals surface area contributed by atoms with E-state index in [0.29, 0.717) is 44.6 Å². The van der Waals surface area contributed by atoms with E-state index in [9.17, 15) is 4.79 Å². The first-order valence-electron chi connectivity index (χ1n) is 12.2. The van der Waals surface area contributed by atoms with E-state index in [1.165, 1.54) is 6.92 Å². The number of benzene rings is 1. The maximum atomic E-state index is 11.2. The van der Waals surface area contributed by atoms with E-state index in [0.717, 1.165) is 41.1 Å². The number of fused-ring (bicyclic) bond motifs is 1. The third kappa shape index (κ3) is 5.06. The molecule has 1 N–H and O–H groups in total. The van der Waals surface area contributed by atoms with Crippen LogP contribution in [0.4, 0.5) is 11.8 Å². The molecular weight excluding hydrogens is 444 g/mol. The molecule has 3 aromatic rings. The molecule has 2 saturated heterocycles. The number of carbonyl (C=O) groups is 1. The lowest BCUT2D eigenvalue weighted by Gasteiger charge is -2.37. The molecule has 2 aliphatic rings. The summed E-state index contributed by atoms with van der Waals surface area (Å²) in [6.07, 6.45) is 0. The molecule has 35 heavy (non-hydrogen) atoms. The van der Waals surface area contributed by atoms with Gasteiger partial charge in [-0.05, 0) is 31.5 Å². The minimum atomic E-state index is -0.0410. The second-order valence-electron chi connectivity index (χ2n) is 9.26. The van der Waals surface area contributed by atoms with Crippen LogP contribution >= 0.6 is 0 Å². The Morgan fingerprint density at radius 3 is 2.29 bits per heavy atom. The summed E-state index contributed by atoms with van der Waals surface area (Å²) >= 11 is 0. The van der Waals surface area contributed by atoms with Crippen molar-refractivity contribution in [3.63, 3.8) is 0 Å². The van der Waals surface area contributed by atoms with E-state index >= 15 is 0 Å². The van der Waals surface area contributed by atoms with Crippen LogP contribution in [0.2, 0.25) is 0 Å². The molecule has 0 spiro atoms. The number of ether oxygens (including phenoxy) is 2. The fourth-order valence-electron chi connectivity index (χ4n) is 4.58. The lowest BCUT2D eigenvalue weighted by molar-refractivity contribution is -0.119. The number of aromatic nitrogens is 3. The van der Waals surface area contributed by atoms with Crippen LogP contribution in [0.25, 0.3) is 22.3 Å². The predicted molar refractivity (Wildman–Crippen MR) is 136 cm³/mol. The molecule has 9 heteroatoms. The van der Waals surface area contributed by atoms with Gasteiger partial charge in [0.05, 0.1) is 49.6 Å². The summed E-state index contributed by atoms with van der Waals surface area (Å²) in [5, 5.41) is 3.77. The standard InChI is InChI=1S/C26H32N6O3/c1-17-15-34-12-10-31(17)25-22-8-9-23(21-6-4-20(5-7-21)14-27-19(3)33)28-24(22)29-26(30-25)32-11-13-35-16-18(32)2/h4-9,17-18H,10-16H2,1-3H3,(H,27,33)/t17-,18-/m0/s1. The summed E-state index contributed by atoms with van der Waals surface area (Å²) in [6.45, 7) is 10.5. The Morgan fingerprint density at radius 1 is 0.943 bits per heavy atom. The minimum Gasteiger partial charge on any atom is -0.377 e. The number of carbonyl (C=O) groups excluding carboxylic acids is 1. The SMILES string of the molecule is CC(=O)NCc1ccc(-c2ccc3c(N4CCOC[C@@H]4C)nc(N4CCOC[C@@H]4C)nc3n2)cc1. The molecule has 2 fully saturated rings. The zero-order valence-electron chi connectivity index (χ0n) is 20.5. The Kier molecular flexibility index (Phi) is 6.79. The van der Waals surface area contributed by atoms with Crippen LogP contribution in [0.1, 0.15) is 26.3 Å². The van der Waals surface area contributed by atoms with Crippen LogP contribution in [-0.4, -0.2) is 72.5 Å². The number of rotatable bonds is 5. The average Bonchev–Trinajstić information content (AvgIpc) is 2.87. The normalized spacial score (nSPS) is 20.8. The zero-order valence-corrected chi connectivity index (χ0v) is 20.5. The van der Waals surface area contributed by atoms with Gasteiger partial charge < -0.3 is 24.6 Å². The summed E-state index contributed by atoms with van der Waals surface area (Å²) in [4.78, 5) is 30.7. The molecule has 0 saturated carbocycles. The van der Waals surface area contributed by atoms with Gasteiger partial charge in [0.25, 0.3) is 0 Å². The number of anilines is 2. The Morgan fingerprint density at radius 2 is 1.63 bits per heavy atom. The van der Waals surface area contributed by atoms with Crippen LogP contribution in [0.5, 0.6) is 0 Å².